The van der Waals surface area contributed by atoms with Crippen LogP contribution in [0.4, 0.5) is 23.3 Å². The first-order valence-electron chi connectivity index (χ1n) is 9.88. The highest BCUT2D eigenvalue weighted by atomic mass is 16.1. The number of amides is 1. The van der Waals surface area contributed by atoms with Crippen molar-refractivity contribution in [3.05, 3.63) is 29.6 Å². The summed E-state index contributed by atoms with van der Waals surface area (Å²) in [6.07, 6.45) is 4.18. The van der Waals surface area contributed by atoms with Gasteiger partial charge < -0.3 is 15.1 Å². The Bertz CT molecular complexity index is 1060. The van der Waals surface area contributed by atoms with Crippen molar-refractivity contribution in [3.63, 3.8) is 0 Å². The average molecular weight is 389 g/mol. The summed E-state index contributed by atoms with van der Waals surface area (Å²) in [7, 11) is 0. The topological polar surface area (TPSA) is 98.0 Å². The van der Waals surface area contributed by atoms with Crippen LogP contribution in [0.25, 0.3) is 0 Å². The molecule has 2 aliphatic heterocycles. The Kier molecular flexibility index (Phi) is 3.63. The third kappa shape index (κ3) is 2.89. The van der Waals surface area contributed by atoms with Crippen molar-refractivity contribution in [2.24, 2.45) is 5.41 Å². The van der Waals surface area contributed by atoms with E-state index in [1.165, 1.54) is 12.5 Å². The normalized spacial score (nSPS) is 20.1. The number of nitrogens with one attached hydrogen (secondary N) is 1. The van der Waals surface area contributed by atoms with Crippen molar-refractivity contribution in [2.45, 2.75) is 39.0 Å². The molecule has 1 aliphatic carbocycles. The molecule has 4 heterocycles. The Morgan fingerprint density at radius 2 is 2.00 bits per heavy atom. The van der Waals surface area contributed by atoms with Crippen LogP contribution in [0.15, 0.2) is 18.3 Å². The van der Waals surface area contributed by atoms with Crippen molar-refractivity contribution < 1.29 is 4.79 Å². The van der Waals surface area contributed by atoms with Gasteiger partial charge in [-0.15, -0.1) is 0 Å². The van der Waals surface area contributed by atoms with E-state index in [0.717, 1.165) is 36.6 Å². The summed E-state index contributed by atoms with van der Waals surface area (Å²) in [5.41, 5.74) is 2.99. The highest BCUT2D eigenvalue weighted by Gasteiger charge is 2.52. The molecule has 1 saturated heterocycles. The number of fused-ring (bicyclic) bond motifs is 2. The molecule has 1 spiro atoms. The van der Waals surface area contributed by atoms with Crippen molar-refractivity contribution in [3.8, 4) is 6.07 Å². The molecule has 1 amide bonds. The number of hydrogen-bond donors (Lipinski definition) is 1. The molecule has 3 aliphatic rings. The first-order chi connectivity index (χ1) is 13.8. The largest absolute Gasteiger partial charge is 0.337 e. The van der Waals surface area contributed by atoms with Gasteiger partial charge in [-0.2, -0.15) is 10.2 Å². The maximum absolute atomic E-state index is 11.5. The van der Waals surface area contributed by atoms with Crippen LogP contribution in [-0.2, 0) is 10.2 Å². The SMILES string of the molecule is CC(=O)Nc1cc2c(cn1)C1(CC1)CN2c1cc(C)nc(N2CC(C)(C#N)C2)n1. The second kappa shape index (κ2) is 5.89. The van der Waals surface area contributed by atoms with E-state index >= 15 is 0 Å². The summed E-state index contributed by atoms with van der Waals surface area (Å²) in [5.74, 6) is 1.93. The lowest BCUT2D eigenvalue weighted by Crippen LogP contribution is -2.54. The number of carbonyl (C=O) groups excluding carboxylic acids is 1. The zero-order chi connectivity index (χ0) is 20.4. The molecule has 0 atom stereocenters. The Labute approximate surface area is 169 Å². The van der Waals surface area contributed by atoms with E-state index in [0.29, 0.717) is 24.9 Å². The van der Waals surface area contributed by atoms with Crippen LogP contribution in [0.1, 0.15) is 37.9 Å². The molecule has 2 aromatic rings. The van der Waals surface area contributed by atoms with Gasteiger partial charge in [0.05, 0.1) is 17.2 Å². The third-order valence-electron chi connectivity index (χ3n) is 6.10. The monoisotopic (exact) mass is 389 g/mol. The minimum atomic E-state index is -0.329. The maximum atomic E-state index is 11.5. The second-order valence-electron chi connectivity index (χ2n) is 8.83. The molecule has 0 aromatic carbocycles. The van der Waals surface area contributed by atoms with Crippen LogP contribution < -0.4 is 15.1 Å². The smallest absolute Gasteiger partial charge is 0.227 e. The summed E-state index contributed by atoms with van der Waals surface area (Å²) < 4.78 is 0. The molecule has 148 valence electrons. The van der Waals surface area contributed by atoms with Crippen LogP contribution in [0.3, 0.4) is 0 Å². The summed E-state index contributed by atoms with van der Waals surface area (Å²) in [6.45, 7) is 7.56. The van der Waals surface area contributed by atoms with E-state index < -0.39 is 0 Å². The zero-order valence-corrected chi connectivity index (χ0v) is 16.9. The number of anilines is 4. The molecule has 8 nitrogen and oxygen atoms in total. The third-order valence-corrected chi connectivity index (χ3v) is 6.10. The van der Waals surface area contributed by atoms with Gasteiger partial charge in [-0.3, -0.25) is 4.79 Å². The van der Waals surface area contributed by atoms with Gasteiger partial charge in [-0.05, 0) is 26.7 Å². The molecule has 2 fully saturated rings. The zero-order valence-electron chi connectivity index (χ0n) is 16.9. The van der Waals surface area contributed by atoms with Crippen molar-refractivity contribution in [1.82, 2.24) is 15.0 Å². The number of aromatic nitrogens is 3. The Morgan fingerprint density at radius 3 is 2.66 bits per heavy atom. The highest BCUT2D eigenvalue weighted by molar-refractivity contribution is 5.89. The summed E-state index contributed by atoms with van der Waals surface area (Å²) in [6, 6.07) is 6.30. The van der Waals surface area contributed by atoms with Gasteiger partial charge in [0.2, 0.25) is 11.9 Å². The standard InChI is InChI=1S/C21H23N7O/c1-13-6-18(26-19(24-13)27-10-20(3,9-22)11-27)28-12-21(4-5-21)15-8-23-17(7-16(15)28)25-14(2)29/h6-8H,4-5,10-12H2,1-3H3,(H,23,25,29). The fraction of sp³-hybridized carbons (Fsp3) is 0.476. The van der Waals surface area contributed by atoms with Crippen LogP contribution in [0.2, 0.25) is 0 Å². The molecular weight excluding hydrogens is 366 g/mol. The summed E-state index contributed by atoms with van der Waals surface area (Å²) >= 11 is 0. The van der Waals surface area contributed by atoms with Gasteiger partial charge in [0.25, 0.3) is 0 Å². The van der Waals surface area contributed by atoms with Crippen LogP contribution >= 0.6 is 0 Å². The fourth-order valence-corrected chi connectivity index (χ4v) is 4.41. The fourth-order valence-electron chi connectivity index (χ4n) is 4.41. The van der Waals surface area contributed by atoms with Gasteiger partial charge in [0.15, 0.2) is 0 Å². The summed E-state index contributed by atoms with van der Waals surface area (Å²) in [5, 5.41) is 12.1. The van der Waals surface area contributed by atoms with E-state index in [-0.39, 0.29) is 16.7 Å². The number of rotatable bonds is 3. The van der Waals surface area contributed by atoms with E-state index in [9.17, 15) is 10.1 Å². The molecule has 0 radical (unpaired) electrons. The first-order valence-corrected chi connectivity index (χ1v) is 9.88. The molecular formula is C21H23N7O. The predicted molar refractivity (Wildman–Crippen MR) is 109 cm³/mol. The first kappa shape index (κ1) is 17.9. The number of pyridine rings is 1. The Hall–Kier alpha value is -3.21. The van der Waals surface area contributed by atoms with Crippen LogP contribution in [-0.4, -0.2) is 40.5 Å². The molecule has 1 saturated carbocycles. The van der Waals surface area contributed by atoms with Gasteiger partial charge in [-0.25, -0.2) is 9.97 Å². The number of aryl methyl sites for hydroxylation is 1. The van der Waals surface area contributed by atoms with E-state index in [1.54, 1.807) is 0 Å². The quantitative estimate of drug-likeness (QED) is 0.862. The van der Waals surface area contributed by atoms with Gasteiger partial charge in [-0.1, -0.05) is 0 Å². The maximum Gasteiger partial charge on any atom is 0.227 e. The van der Waals surface area contributed by atoms with E-state index in [4.69, 9.17) is 4.98 Å². The predicted octanol–water partition coefficient (Wildman–Crippen LogP) is 2.67. The van der Waals surface area contributed by atoms with Gasteiger partial charge >= 0.3 is 0 Å². The molecule has 0 bridgehead atoms. The van der Waals surface area contributed by atoms with Gasteiger partial charge in [0, 0.05) is 61.6 Å². The van der Waals surface area contributed by atoms with Crippen molar-refractivity contribution in [2.75, 3.05) is 34.8 Å². The lowest BCUT2D eigenvalue weighted by molar-refractivity contribution is -0.114. The Balaban J connectivity index is 1.51. The molecule has 1 N–H and O–H groups in total. The molecule has 8 heteroatoms. The van der Waals surface area contributed by atoms with Crippen LogP contribution in [0.5, 0.6) is 0 Å². The van der Waals surface area contributed by atoms with Crippen LogP contribution in [0, 0.1) is 23.7 Å². The number of carbonyl (C=O) groups is 1. The lowest BCUT2D eigenvalue weighted by Gasteiger charge is -2.43. The lowest BCUT2D eigenvalue weighted by atomic mass is 9.84. The Morgan fingerprint density at radius 1 is 1.24 bits per heavy atom. The molecule has 29 heavy (non-hydrogen) atoms. The average Bonchev–Trinajstić information content (AvgIpc) is 3.35. The molecule has 0 unspecified atom stereocenters. The van der Waals surface area contributed by atoms with Crippen molar-refractivity contribution in [1.29, 1.82) is 5.26 Å². The van der Waals surface area contributed by atoms with Gasteiger partial charge in [0.1, 0.15) is 11.6 Å². The van der Waals surface area contributed by atoms with E-state index in [1.807, 2.05) is 32.2 Å². The molecule has 5 rings (SSSR count). The number of hydrogen-bond acceptors (Lipinski definition) is 7. The van der Waals surface area contributed by atoms with E-state index in [2.05, 4.69) is 31.2 Å². The summed E-state index contributed by atoms with van der Waals surface area (Å²) in [4.78, 5) is 29.6. The minimum Gasteiger partial charge on any atom is -0.337 e. The number of nitrogens with zero attached hydrogens (tertiary/aromatic N) is 6. The minimum absolute atomic E-state index is 0.137. The highest BCUT2D eigenvalue weighted by Crippen LogP contribution is 2.58. The second-order valence-corrected chi connectivity index (χ2v) is 8.83. The molecule has 2 aromatic heterocycles. The van der Waals surface area contributed by atoms with Crippen molar-refractivity contribution >= 4 is 29.2 Å². The number of nitriles is 1.